The second kappa shape index (κ2) is 8.86. The number of rotatable bonds is 3. The van der Waals surface area contributed by atoms with Gasteiger partial charge < -0.3 is 4.90 Å². The van der Waals surface area contributed by atoms with Crippen LogP contribution in [-0.4, -0.2) is 14.1 Å². The Balaban J connectivity index is 0.000000500. The molecule has 1 aliphatic heterocycles. The van der Waals surface area contributed by atoms with Crippen molar-refractivity contribution >= 4 is 23.0 Å². The van der Waals surface area contributed by atoms with E-state index in [9.17, 15) is 0 Å². The predicted molar refractivity (Wildman–Crippen MR) is 99.2 cm³/mol. The predicted octanol–water partition coefficient (Wildman–Crippen LogP) is -0.348. The summed E-state index contributed by atoms with van der Waals surface area (Å²) in [5.41, 5.74) is 9.13. The largest absolute Gasteiger partial charge is 0.378 e. The van der Waals surface area contributed by atoms with Gasteiger partial charge in [0.2, 0.25) is 5.69 Å². The van der Waals surface area contributed by atoms with Gasteiger partial charge in [-0.3, -0.25) is 0 Å². The molecular weight excluding hydrogens is 380 g/mol. The summed E-state index contributed by atoms with van der Waals surface area (Å²) in [5.74, 6) is 0. The van der Waals surface area contributed by atoms with E-state index in [1.54, 1.807) is 0 Å². The van der Waals surface area contributed by atoms with Crippen molar-refractivity contribution in [1.82, 2.24) is 0 Å². The van der Waals surface area contributed by atoms with Crippen molar-refractivity contribution in [3.05, 3.63) is 65.0 Å². The zero-order valence-electron chi connectivity index (χ0n) is 16.7. The molecule has 0 spiro atoms. The molecular formula is C21H25ClN2O4. The number of allylic oxidation sites excluding steroid dienone is 3. The summed E-state index contributed by atoms with van der Waals surface area (Å²) in [6.45, 7) is 6.62. The van der Waals surface area contributed by atoms with E-state index in [0.717, 1.165) is 6.42 Å². The zero-order valence-corrected chi connectivity index (χ0v) is 17.5. The van der Waals surface area contributed by atoms with Crippen LogP contribution in [0, 0.1) is 10.2 Å². The van der Waals surface area contributed by atoms with Crippen molar-refractivity contribution in [3.63, 3.8) is 0 Å². The fraction of sp³-hybridized carbons (Fsp3) is 0.286. The lowest BCUT2D eigenvalue weighted by Gasteiger charge is -2.17. The van der Waals surface area contributed by atoms with Gasteiger partial charge in [-0.05, 0) is 43.2 Å². The van der Waals surface area contributed by atoms with Crippen LogP contribution >= 0.6 is 0 Å². The first-order valence-corrected chi connectivity index (χ1v) is 10.1. The normalized spacial score (nSPS) is 14.7. The third-order valence-electron chi connectivity index (χ3n) is 4.72. The first kappa shape index (κ1) is 22.1. The highest BCUT2D eigenvalue weighted by atomic mass is 35.7. The molecule has 6 nitrogen and oxygen atoms in total. The maximum atomic E-state index is 8.49. The first-order valence-electron chi connectivity index (χ1n) is 8.85. The van der Waals surface area contributed by atoms with E-state index in [-0.39, 0.29) is 0 Å². The molecule has 7 heteroatoms. The molecule has 1 aliphatic rings. The fourth-order valence-corrected chi connectivity index (χ4v) is 3.04. The maximum Gasteiger partial charge on any atom is 0.218 e. The Morgan fingerprint density at radius 3 is 2.04 bits per heavy atom. The average Bonchev–Trinajstić information content (AvgIpc) is 2.85. The topological polar surface area (TPSA) is 99.4 Å². The van der Waals surface area contributed by atoms with Crippen LogP contribution < -0.4 is 28.1 Å². The second-order valence-electron chi connectivity index (χ2n) is 6.78. The molecule has 0 amide bonds. The Bertz CT molecular complexity index is 892. The van der Waals surface area contributed by atoms with Crippen LogP contribution in [0.15, 0.2) is 48.2 Å². The number of benzene rings is 1. The van der Waals surface area contributed by atoms with E-state index in [4.69, 9.17) is 18.6 Å². The van der Waals surface area contributed by atoms with E-state index in [1.165, 1.54) is 39.4 Å². The van der Waals surface area contributed by atoms with Gasteiger partial charge in [-0.15, -0.1) is 10.2 Å². The van der Waals surface area contributed by atoms with Crippen LogP contribution in [0.4, 0.5) is 5.69 Å². The third-order valence-corrected chi connectivity index (χ3v) is 4.72. The molecule has 2 aromatic rings. The molecule has 0 aliphatic carbocycles. The van der Waals surface area contributed by atoms with Gasteiger partial charge in [-0.25, -0.2) is 18.6 Å². The van der Waals surface area contributed by atoms with Crippen LogP contribution in [0.5, 0.6) is 0 Å². The number of nitrogens with zero attached hydrogens (tertiary/aromatic N) is 2. The van der Waals surface area contributed by atoms with Crippen LogP contribution in [0.1, 0.15) is 37.6 Å². The first-order chi connectivity index (χ1) is 13.0. The number of aryl methyl sites for hydroxylation is 1. The Morgan fingerprint density at radius 1 is 0.964 bits per heavy atom. The number of hydrogen-bond donors (Lipinski definition) is 0. The minimum absolute atomic E-state index is 1.07. The van der Waals surface area contributed by atoms with E-state index >= 15 is 0 Å². The summed E-state index contributed by atoms with van der Waals surface area (Å²) in [6, 6.07) is 13.2. The minimum atomic E-state index is -4.94. The molecule has 0 saturated heterocycles. The molecule has 0 atom stereocenters. The summed E-state index contributed by atoms with van der Waals surface area (Å²) in [7, 11) is -0.808. The summed E-state index contributed by atoms with van der Waals surface area (Å²) in [6.07, 6.45) is 5.63. The average molecular weight is 405 g/mol. The number of pyridine rings is 1. The van der Waals surface area contributed by atoms with Gasteiger partial charge in [-0.2, -0.15) is 4.57 Å². The van der Waals surface area contributed by atoms with E-state index in [0.29, 0.717) is 0 Å². The summed E-state index contributed by atoms with van der Waals surface area (Å²) in [5, 5.41) is 0. The van der Waals surface area contributed by atoms with Crippen LogP contribution in [0.25, 0.3) is 17.3 Å². The lowest BCUT2D eigenvalue weighted by molar-refractivity contribution is -2.00. The van der Waals surface area contributed by atoms with Crippen molar-refractivity contribution in [2.45, 2.75) is 27.2 Å². The Labute approximate surface area is 168 Å². The standard InChI is InChI=1S/C21H25N2.ClHO4/c1-6-17-9-12-21-20(15(2)16(3)23(21)14-17)13-18-7-10-19(11-8-18)22(4)5;2-1(3,4)5/h7-14H,6H2,1-5H3;(H,2,3,4,5)/q+1;/p-1. The quantitative estimate of drug-likeness (QED) is 0.651. The molecule has 0 saturated carbocycles. The number of aromatic nitrogens is 1. The highest BCUT2D eigenvalue weighted by molar-refractivity contribution is 5.93. The molecule has 2 heterocycles. The van der Waals surface area contributed by atoms with Crippen molar-refractivity contribution in [1.29, 1.82) is 0 Å². The van der Waals surface area contributed by atoms with Gasteiger partial charge in [0.15, 0.2) is 11.9 Å². The Hall–Kier alpha value is -2.22. The highest BCUT2D eigenvalue weighted by Gasteiger charge is 2.29. The van der Waals surface area contributed by atoms with Crippen molar-refractivity contribution in [3.8, 4) is 0 Å². The van der Waals surface area contributed by atoms with Gasteiger partial charge in [0.1, 0.15) is 0 Å². The molecule has 0 N–H and O–H groups in total. The summed E-state index contributed by atoms with van der Waals surface area (Å²) >= 11 is 0. The molecule has 150 valence electrons. The zero-order chi connectivity index (χ0) is 21.1. The molecule has 1 aromatic heterocycles. The molecule has 0 fully saturated rings. The van der Waals surface area contributed by atoms with Crippen molar-refractivity contribution in [2.75, 3.05) is 19.0 Å². The van der Waals surface area contributed by atoms with Gasteiger partial charge >= 0.3 is 0 Å². The van der Waals surface area contributed by atoms with Crippen molar-refractivity contribution in [2.24, 2.45) is 0 Å². The number of halogens is 1. The van der Waals surface area contributed by atoms with Crippen LogP contribution in [0.3, 0.4) is 0 Å². The van der Waals surface area contributed by atoms with Gasteiger partial charge in [0.05, 0.1) is 5.57 Å². The minimum Gasteiger partial charge on any atom is -0.378 e. The Morgan fingerprint density at radius 2 is 1.54 bits per heavy atom. The maximum absolute atomic E-state index is 8.49. The van der Waals surface area contributed by atoms with E-state index < -0.39 is 10.2 Å². The van der Waals surface area contributed by atoms with Gasteiger partial charge in [-0.1, -0.05) is 19.1 Å². The van der Waals surface area contributed by atoms with Gasteiger partial charge in [0, 0.05) is 43.9 Å². The SMILES string of the molecule is CCc1ccc2[n+](c1)C(C)=C(C)/C2=C\c1ccc(N(C)C)cc1.[O-][Cl+3]([O-])([O-])[O-]. The number of fused-ring (bicyclic) bond motifs is 1. The molecule has 0 radical (unpaired) electrons. The monoisotopic (exact) mass is 404 g/mol. The molecule has 1 aromatic carbocycles. The third kappa shape index (κ3) is 5.64. The highest BCUT2D eigenvalue weighted by Crippen LogP contribution is 2.32. The number of hydrogen-bond acceptors (Lipinski definition) is 5. The number of anilines is 1. The smallest absolute Gasteiger partial charge is 0.218 e. The molecule has 0 bridgehead atoms. The van der Waals surface area contributed by atoms with E-state index in [1.807, 2.05) is 0 Å². The summed E-state index contributed by atoms with van der Waals surface area (Å²) < 4.78 is 36.3. The molecule has 3 rings (SSSR count). The van der Waals surface area contributed by atoms with E-state index in [2.05, 4.69) is 93.0 Å². The van der Waals surface area contributed by atoms with Gasteiger partial charge in [0.25, 0.3) is 0 Å². The lowest BCUT2D eigenvalue weighted by atomic mass is 10.0. The van der Waals surface area contributed by atoms with Crippen molar-refractivity contribution < 1.29 is 33.4 Å². The lowest BCUT2D eigenvalue weighted by Crippen LogP contribution is -2.68. The Kier molecular flexibility index (Phi) is 6.98. The van der Waals surface area contributed by atoms with Crippen LogP contribution in [-0.2, 0) is 6.42 Å². The fourth-order valence-electron chi connectivity index (χ4n) is 3.04. The second-order valence-corrected chi connectivity index (χ2v) is 7.53. The van der Waals surface area contributed by atoms with Crippen LogP contribution in [0.2, 0.25) is 0 Å². The summed E-state index contributed by atoms with van der Waals surface area (Å²) in [4.78, 5) is 2.12. The molecule has 28 heavy (non-hydrogen) atoms. The molecule has 0 unspecified atom stereocenters.